The molecule has 0 bridgehead atoms. The van der Waals surface area contributed by atoms with E-state index >= 15 is 0 Å². The second kappa shape index (κ2) is 5.21. The number of halogens is 1. The van der Waals surface area contributed by atoms with Gasteiger partial charge in [-0.05, 0) is 30.7 Å². The van der Waals surface area contributed by atoms with Crippen LogP contribution < -0.4 is 0 Å². The fourth-order valence-corrected chi connectivity index (χ4v) is 0.992. The van der Waals surface area contributed by atoms with Gasteiger partial charge in [0.05, 0.1) is 5.25 Å². The molecular formula is C11H11ClS. The maximum Gasteiger partial charge on any atom is 0.0628 e. The van der Waals surface area contributed by atoms with Crippen LogP contribution in [0.25, 0.3) is 0 Å². The molecule has 0 fully saturated rings. The molecule has 0 saturated heterocycles. The highest BCUT2D eigenvalue weighted by Gasteiger charge is 1.91. The van der Waals surface area contributed by atoms with Crippen molar-refractivity contribution in [3.05, 3.63) is 34.9 Å². The molecule has 0 aromatic heterocycles. The lowest BCUT2D eigenvalue weighted by atomic mass is 10.2. The van der Waals surface area contributed by atoms with Gasteiger partial charge in [0.1, 0.15) is 0 Å². The van der Waals surface area contributed by atoms with Gasteiger partial charge in [-0.1, -0.05) is 30.4 Å². The summed E-state index contributed by atoms with van der Waals surface area (Å²) in [5, 5.41) is 0.902. The molecular weight excluding hydrogens is 200 g/mol. The van der Waals surface area contributed by atoms with E-state index in [2.05, 4.69) is 31.4 Å². The second-order valence-corrected chi connectivity index (χ2v) is 3.76. The molecule has 68 valence electrons. The first-order valence-electron chi connectivity index (χ1n) is 4.17. The first kappa shape index (κ1) is 10.5. The lowest BCUT2D eigenvalue weighted by Crippen LogP contribution is -1.89. The van der Waals surface area contributed by atoms with E-state index in [1.807, 2.05) is 24.3 Å². The topological polar surface area (TPSA) is 0 Å². The van der Waals surface area contributed by atoms with Crippen LogP contribution >= 0.6 is 24.2 Å². The molecule has 1 rings (SSSR count). The lowest BCUT2D eigenvalue weighted by Gasteiger charge is -1.94. The molecule has 0 saturated carbocycles. The van der Waals surface area contributed by atoms with Crippen LogP contribution in [-0.2, 0) is 0 Å². The van der Waals surface area contributed by atoms with Crippen molar-refractivity contribution < 1.29 is 0 Å². The first-order chi connectivity index (χ1) is 6.22. The van der Waals surface area contributed by atoms with Crippen molar-refractivity contribution in [2.75, 3.05) is 0 Å². The molecule has 0 amide bonds. The summed E-state index contributed by atoms with van der Waals surface area (Å²) in [6.45, 7) is 2.06. The van der Waals surface area contributed by atoms with Crippen LogP contribution in [0.5, 0.6) is 0 Å². The molecule has 1 aromatic rings. The third-order valence-electron chi connectivity index (χ3n) is 1.61. The predicted octanol–water partition coefficient (Wildman–Crippen LogP) is 3.40. The predicted molar refractivity (Wildman–Crippen MR) is 61.4 cm³/mol. The fourth-order valence-electron chi connectivity index (χ4n) is 0.802. The van der Waals surface area contributed by atoms with E-state index in [9.17, 15) is 0 Å². The van der Waals surface area contributed by atoms with E-state index in [1.165, 1.54) is 0 Å². The van der Waals surface area contributed by atoms with E-state index < -0.39 is 0 Å². The largest absolute Gasteiger partial charge is 0.163 e. The summed E-state index contributed by atoms with van der Waals surface area (Å²) >= 11 is 10.0. The highest BCUT2D eigenvalue weighted by atomic mass is 35.5. The van der Waals surface area contributed by atoms with Crippen molar-refractivity contribution in [1.82, 2.24) is 0 Å². The van der Waals surface area contributed by atoms with Crippen LogP contribution in [0.2, 0.25) is 5.02 Å². The molecule has 2 heteroatoms. The van der Waals surface area contributed by atoms with Crippen LogP contribution in [0, 0.1) is 11.8 Å². The summed E-state index contributed by atoms with van der Waals surface area (Å²) in [6.07, 6.45) is 0.962. The monoisotopic (exact) mass is 210 g/mol. The minimum atomic E-state index is 0.163. The van der Waals surface area contributed by atoms with Gasteiger partial charge in [-0.2, -0.15) is 12.6 Å². The SMILES string of the molecule is CCC(S)C#Cc1ccc(Cl)cc1. The minimum Gasteiger partial charge on any atom is -0.163 e. The normalized spacial score (nSPS) is 11.6. The standard InChI is InChI=1S/C11H11ClS/c1-2-11(13)8-5-9-3-6-10(12)7-4-9/h3-4,6-7,11,13H,2H2,1H3. The molecule has 0 aliphatic rings. The Hall–Kier alpha value is -0.580. The van der Waals surface area contributed by atoms with Crippen molar-refractivity contribution >= 4 is 24.2 Å². The molecule has 0 aliphatic heterocycles. The van der Waals surface area contributed by atoms with Gasteiger partial charge >= 0.3 is 0 Å². The van der Waals surface area contributed by atoms with Crippen molar-refractivity contribution in [2.24, 2.45) is 0 Å². The van der Waals surface area contributed by atoms with Gasteiger partial charge in [0, 0.05) is 10.6 Å². The number of benzene rings is 1. The van der Waals surface area contributed by atoms with E-state index in [0.29, 0.717) is 0 Å². The molecule has 13 heavy (non-hydrogen) atoms. The van der Waals surface area contributed by atoms with E-state index in [-0.39, 0.29) is 5.25 Å². The Morgan fingerprint density at radius 3 is 2.54 bits per heavy atom. The van der Waals surface area contributed by atoms with Gasteiger partial charge in [0.25, 0.3) is 0 Å². The highest BCUT2D eigenvalue weighted by molar-refractivity contribution is 7.81. The Balaban J connectivity index is 2.72. The molecule has 0 aliphatic carbocycles. The van der Waals surface area contributed by atoms with Gasteiger partial charge in [-0.15, -0.1) is 0 Å². The summed E-state index contributed by atoms with van der Waals surface area (Å²) in [4.78, 5) is 0. The Bertz CT molecular complexity index is 318. The Kier molecular flexibility index (Phi) is 4.21. The number of thiol groups is 1. The zero-order chi connectivity index (χ0) is 9.68. The molecule has 0 spiro atoms. The van der Waals surface area contributed by atoms with Gasteiger partial charge in [-0.25, -0.2) is 0 Å². The van der Waals surface area contributed by atoms with Gasteiger partial charge in [0.15, 0.2) is 0 Å². The average molecular weight is 211 g/mol. The van der Waals surface area contributed by atoms with E-state index in [1.54, 1.807) is 0 Å². The van der Waals surface area contributed by atoms with Gasteiger partial charge in [-0.3, -0.25) is 0 Å². The smallest absolute Gasteiger partial charge is 0.0628 e. The van der Waals surface area contributed by atoms with Crippen LogP contribution in [0.3, 0.4) is 0 Å². The van der Waals surface area contributed by atoms with E-state index in [0.717, 1.165) is 17.0 Å². The summed E-state index contributed by atoms with van der Waals surface area (Å²) in [5.41, 5.74) is 0.983. The maximum atomic E-state index is 5.74. The fraction of sp³-hybridized carbons (Fsp3) is 0.273. The lowest BCUT2D eigenvalue weighted by molar-refractivity contribution is 1.01. The van der Waals surface area contributed by atoms with Crippen LogP contribution in [0.4, 0.5) is 0 Å². The Morgan fingerprint density at radius 1 is 1.38 bits per heavy atom. The summed E-state index contributed by atoms with van der Waals surface area (Å²) in [7, 11) is 0. The third kappa shape index (κ3) is 3.76. The van der Waals surface area contributed by atoms with Gasteiger partial charge < -0.3 is 0 Å². The maximum absolute atomic E-state index is 5.74. The first-order valence-corrected chi connectivity index (χ1v) is 5.07. The quantitative estimate of drug-likeness (QED) is 0.533. The van der Waals surface area contributed by atoms with Crippen molar-refractivity contribution in [3.63, 3.8) is 0 Å². The zero-order valence-corrected chi connectivity index (χ0v) is 9.07. The minimum absolute atomic E-state index is 0.163. The zero-order valence-electron chi connectivity index (χ0n) is 7.42. The van der Waals surface area contributed by atoms with Crippen molar-refractivity contribution in [1.29, 1.82) is 0 Å². The van der Waals surface area contributed by atoms with Crippen molar-refractivity contribution in [3.8, 4) is 11.8 Å². The third-order valence-corrected chi connectivity index (χ3v) is 2.36. The molecule has 1 unspecified atom stereocenters. The molecule has 0 N–H and O–H groups in total. The molecule has 0 nitrogen and oxygen atoms in total. The van der Waals surface area contributed by atoms with Crippen molar-refractivity contribution in [2.45, 2.75) is 18.6 Å². The number of hydrogen-bond donors (Lipinski definition) is 1. The van der Waals surface area contributed by atoms with Crippen LogP contribution in [-0.4, -0.2) is 5.25 Å². The molecule has 1 aromatic carbocycles. The summed E-state index contributed by atoms with van der Waals surface area (Å²) in [6, 6.07) is 7.49. The van der Waals surface area contributed by atoms with E-state index in [4.69, 9.17) is 11.6 Å². The number of rotatable bonds is 1. The van der Waals surface area contributed by atoms with Crippen LogP contribution in [0.1, 0.15) is 18.9 Å². The summed E-state index contributed by atoms with van der Waals surface area (Å²) in [5.74, 6) is 6.08. The molecule has 0 radical (unpaired) electrons. The molecule has 0 heterocycles. The Morgan fingerprint density at radius 2 is 2.00 bits per heavy atom. The second-order valence-electron chi connectivity index (χ2n) is 2.70. The highest BCUT2D eigenvalue weighted by Crippen LogP contribution is 2.08. The van der Waals surface area contributed by atoms with Crippen LogP contribution in [0.15, 0.2) is 24.3 Å². The number of hydrogen-bond acceptors (Lipinski definition) is 1. The average Bonchev–Trinajstić information content (AvgIpc) is 2.16. The summed E-state index contributed by atoms with van der Waals surface area (Å²) < 4.78 is 0. The molecule has 1 atom stereocenters. The van der Waals surface area contributed by atoms with Gasteiger partial charge in [0.2, 0.25) is 0 Å². The Labute approximate surface area is 89.7 Å².